The van der Waals surface area contributed by atoms with Crippen LogP contribution in [0.1, 0.15) is 213 Å². The highest BCUT2D eigenvalue weighted by Crippen LogP contribution is 2.12. The van der Waals surface area contributed by atoms with Crippen molar-refractivity contribution in [2.24, 2.45) is 0 Å². The second-order valence-electron chi connectivity index (χ2n) is 16.6. The number of esters is 2. The van der Waals surface area contributed by atoms with Gasteiger partial charge in [0.2, 0.25) is 0 Å². The molecule has 5 heteroatoms. The summed E-state index contributed by atoms with van der Waals surface area (Å²) < 4.78 is 17.4. The molecule has 0 aliphatic carbocycles. The number of allylic oxidation sites excluding steroid dienone is 20. The van der Waals surface area contributed by atoms with Crippen LogP contribution in [0.25, 0.3) is 0 Å². The van der Waals surface area contributed by atoms with Gasteiger partial charge in [0.25, 0.3) is 0 Å². The number of carbonyl (C=O) groups excluding carboxylic acids is 2. The fourth-order valence-electron chi connectivity index (χ4n) is 6.70. The molecule has 0 N–H and O–H groups in total. The molecule has 0 aromatic rings. The summed E-state index contributed by atoms with van der Waals surface area (Å²) in [5, 5.41) is 0. The Hall–Kier alpha value is -3.70. The van der Waals surface area contributed by atoms with Gasteiger partial charge < -0.3 is 14.2 Å². The van der Waals surface area contributed by atoms with Crippen LogP contribution in [0.15, 0.2) is 122 Å². The molecule has 0 amide bonds. The van der Waals surface area contributed by atoms with E-state index in [1.54, 1.807) is 0 Å². The SMILES string of the molecule is CC/C=C\C/C=C\C/C=C\C/C=C\CCCCCCCCC(=O)OCC(COCCCCCCCC/C=C\C/C=C\C/C=C\CC)OC(=O)CCCCC/C=C\C/C=C\C/C=C\CC. The van der Waals surface area contributed by atoms with Gasteiger partial charge in [-0.1, -0.05) is 200 Å². The van der Waals surface area contributed by atoms with Gasteiger partial charge in [0.15, 0.2) is 6.10 Å². The van der Waals surface area contributed by atoms with E-state index in [9.17, 15) is 9.59 Å². The molecule has 0 saturated heterocycles. The average Bonchev–Trinajstić information content (AvgIpc) is 3.30. The van der Waals surface area contributed by atoms with Crippen LogP contribution in [-0.2, 0) is 23.8 Å². The van der Waals surface area contributed by atoms with E-state index in [4.69, 9.17) is 14.2 Å². The van der Waals surface area contributed by atoms with Crippen LogP contribution in [0.3, 0.4) is 0 Å². The van der Waals surface area contributed by atoms with Crippen LogP contribution in [0.5, 0.6) is 0 Å². The normalized spacial score (nSPS) is 13.2. The highest BCUT2D eigenvalue weighted by molar-refractivity contribution is 5.70. The largest absolute Gasteiger partial charge is 0.462 e. The van der Waals surface area contributed by atoms with Crippen LogP contribution in [0.4, 0.5) is 0 Å². The van der Waals surface area contributed by atoms with Gasteiger partial charge in [-0.15, -0.1) is 0 Å². The zero-order valence-electron chi connectivity index (χ0n) is 41.5. The molecule has 0 bridgehead atoms. The molecule has 5 nitrogen and oxygen atoms in total. The van der Waals surface area contributed by atoms with E-state index in [2.05, 4.69) is 142 Å². The van der Waals surface area contributed by atoms with Gasteiger partial charge in [-0.3, -0.25) is 9.59 Å². The molecular formula is C59H96O5. The second kappa shape index (κ2) is 53.6. The van der Waals surface area contributed by atoms with Crippen molar-refractivity contribution in [1.29, 1.82) is 0 Å². The Balaban J connectivity index is 4.36. The first kappa shape index (κ1) is 60.3. The molecule has 0 aromatic heterocycles. The number of rotatable bonds is 46. The molecule has 64 heavy (non-hydrogen) atoms. The Bertz CT molecular complexity index is 1320. The molecule has 0 radical (unpaired) electrons. The second-order valence-corrected chi connectivity index (χ2v) is 16.6. The Kier molecular flexibility index (Phi) is 50.5. The van der Waals surface area contributed by atoms with Crippen LogP contribution in [0.2, 0.25) is 0 Å². The number of hydrogen-bond acceptors (Lipinski definition) is 5. The van der Waals surface area contributed by atoms with Gasteiger partial charge in [0.1, 0.15) is 6.61 Å². The Morgan fingerprint density at radius 1 is 0.344 bits per heavy atom. The van der Waals surface area contributed by atoms with E-state index in [0.29, 0.717) is 19.4 Å². The van der Waals surface area contributed by atoms with E-state index in [1.807, 2.05) is 0 Å². The van der Waals surface area contributed by atoms with Crippen molar-refractivity contribution in [2.75, 3.05) is 19.8 Å². The van der Waals surface area contributed by atoms with E-state index in [0.717, 1.165) is 135 Å². The van der Waals surface area contributed by atoms with E-state index < -0.39 is 6.10 Å². The third kappa shape index (κ3) is 50.9. The Labute approximate surface area is 395 Å². The van der Waals surface area contributed by atoms with Crippen LogP contribution in [-0.4, -0.2) is 37.9 Å². The lowest BCUT2D eigenvalue weighted by molar-refractivity contribution is -0.163. The van der Waals surface area contributed by atoms with Crippen molar-refractivity contribution in [3.05, 3.63) is 122 Å². The first-order valence-corrected chi connectivity index (χ1v) is 26.1. The molecule has 0 rings (SSSR count). The van der Waals surface area contributed by atoms with E-state index >= 15 is 0 Å². The van der Waals surface area contributed by atoms with Crippen molar-refractivity contribution >= 4 is 11.9 Å². The van der Waals surface area contributed by atoms with E-state index in [1.165, 1.54) is 44.9 Å². The minimum atomic E-state index is -0.573. The maximum Gasteiger partial charge on any atom is 0.306 e. The third-order valence-corrected chi connectivity index (χ3v) is 10.5. The van der Waals surface area contributed by atoms with Crippen molar-refractivity contribution in [3.8, 4) is 0 Å². The van der Waals surface area contributed by atoms with Gasteiger partial charge >= 0.3 is 11.9 Å². The van der Waals surface area contributed by atoms with Gasteiger partial charge in [-0.2, -0.15) is 0 Å². The standard InChI is InChI=1S/C59H96O5/c1-4-7-10-13-16-19-22-25-27-29-30-31-32-35-37-40-43-46-49-52-58(60)63-56-57(64-59(61)53-50-47-44-41-38-34-24-21-18-15-12-9-6-3)55-62-54-51-48-45-42-39-36-33-28-26-23-20-17-14-11-8-5-2/h7-12,16-21,25-28,30-31,34,38,57H,4-6,13-15,22-24,29,32-33,35-37,39-56H2,1-3H3/b10-7-,11-8-,12-9-,19-16-,20-17-,21-18-,27-25-,28-26-,31-30-,38-34-. The highest BCUT2D eigenvalue weighted by atomic mass is 16.6. The summed E-state index contributed by atoms with van der Waals surface area (Å²) in [4.78, 5) is 25.4. The fraction of sp³-hybridized carbons (Fsp3) is 0.627. The highest BCUT2D eigenvalue weighted by Gasteiger charge is 2.17. The van der Waals surface area contributed by atoms with Gasteiger partial charge in [-0.05, 0) is 122 Å². The third-order valence-electron chi connectivity index (χ3n) is 10.5. The topological polar surface area (TPSA) is 61.8 Å². The van der Waals surface area contributed by atoms with Crippen molar-refractivity contribution in [2.45, 2.75) is 219 Å². The average molecular weight is 885 g/mol. The zero-order valence-corrected chi connectivity index (χ0v) is 41.5. The summed E-state index contributed by atoms with van der Waals surface area (Å²) >= 11 is 0. The number of carbonyl (C=O) groups is 2. The monoisotopic (exact) mass is 885 g/mol. The molecule has 0 aliphatic rings. The van der Waals surface area contributed by atoms with Crippen molar-refractivity contribution < 1.29 is 23.8 Å². The lowest BCUT2D eigenvalue weighted by Gasteiger charge is -2.18. The number of unbranched alkanes of at least 4 members (excludes halogenated alkanes) is 15. The number of hydrogen-bond donors (Lipinski definition) is 0. The predicted octanol–water partition coefficient (Wildman–Crippen LogP) is 17.8. The maximum atomic E-state index is 12.8. The maximum absolute atomic E-state index is 12.8. The molecule has 0 saturated carbocycles. The van der Waals surface area contributed by atoms with Crippen LogP contribution >= 0.6 is 0 Å². The van der Waals surface area contributed by atoms with Gasteiger partial charge in [0.05, 0.1) is 6.61 Å². The molecular weight excluding hydrogens is 789 g/mol. The minimum absolute atomic E-state index is 0.0526. The molecule has 1 atom stereocenters. The smallest absolute Gasteiger partial charge is 0.306 e. The van der Waals surface area contributed by atoms with Crippen LogP contribution < -0.4 is 0 Å². The summed E-state index contributed by atoms with van der Waals surface area (Å²) in [5.41, 5.74) is 0. The van der Waals surface area contributed by atoms with Gasteiger partial charge in [-0.25, -0.2) is 0 Å². The summed E-state index contributed by atoms with van der Waals surface area (Å²) in [6.07, 6.45) is 74.9. The van der Waals surface area contributed by atoms with E-state index in [-0.39, 0.29) is 25.2 Å². The van der Waals surface area contributed by atoms with Crippen LogP contribution in [0, 0.1) is 0 Å². The number of ether oxygens (including phenoxy) is 3. The Morgan fingerprint density at radius 3 is 1.06 bits per heavy atom. The molecule has 1 unspecified atom stereocenters. The first-order chi connectivity index (χ1) is 31.6. The summed E-state index contributed by atoms with van der Waals surface area (Å²) in [6, 6.07) is 0. The first-order valence-electron chi connectivity index (χ1n) is 26.1. The summed E-state index contributed by atoms with van der Waals surface area (Å²) in [5.74, 6) is -0.462. The molecule has 0 aliphatic heterocycles. The van der Waals surface area contributed by atoms with Crippen molar-refractivity contribution in [3.63, 3.8) is 0 Å². The molecule has 0 fully saturated rings. The zero-order chi connectivity index (χ0) is 46.3. The lowest BCUT2D eigenvalue weighted by Crippen LogP contribution is -2.30. The van der Waals surface area contributed by atoms with Crippen molar-refractivity contribution in [1.82, 2.24) is 0 Å². The molecule has 0 spiro atoms. The van der Waals surface area contributed by atoms with Gasteiger partial charge in [0, 0.05) is 19.4 Å². The quantitative estimate of drug-likeness (QED) is 0.0346. The lowest BCUT2D eigenvalue weighted by atomic mass is 10.1. The molecule has 362 valence electrons. The fourth-order valence-corrected chi connectivity index (χ4v) is 6.70. The molecule has 0 aromatic carbocycles. The summed E-state index contributed by atoms with van der Waals surface area (Å²) in [7, 11) is 0. The Morgan fingerprint density at radius 2 is 0.656 bits per heavy atom. The molecule has 0 heterocycles. The summed E-state index contributed by atoms with van der Waals surface area (Å²) in [6.45, 7) is 7.40. The predicted molar refractivity (Wildman–Crippen MR) is 279 cm³/mol. The minimum Gasteiger partial charge on any atom is -0.462 e.